The van der Waals surface area contributed by atoms with Crippen LogP contribution in [0.4, 0.5) is 0 Å². The maximum Gasteiger partial charge on any atom is 0.257 e. The van der Waals surface area contributed by atoms with E-state index in [1.54, 1.807) is 0 Å². The van der Waals surface area contributed by atoms with E-state index < -0.39 is 10.0 Å². The number of nitrogens with zero attached hydrogens (tertiary/aromatic N) is 1. The Hall–Kier alpha value is -0.400. The van der Waals surface area contributed by atoms with Crippen molar-refractivity contribution in [2.75, 3.05) is 6.54 Å². The molecule has 1 fully saturated rings. The summed E-state index contributed by atoms with van der Waals surface area (Å²) in [5.41, 5.74) is 0. The number of halogens is 1. The summed E-state index contributed by atoms with van der Waals surface area (Å²) in [4.78, 5) is 6.48. The van der Waals surface area contributed by atoms with E-state index >= 15 is 0 Å². The van der Waals surface area contributed by atoms with Crippen molar-refractivity contribution in [3.8, 4) is 0 Å². The molecule has 0 saturated heterocycles. The van der Waals surface area contributed by atoms with Crippen LogP contribution in [0.2, 0.25) is 0 Å². The fourth-order valence-corrected chi connectivity index (χ4v) is 3.15. The third-order valence-electron chi connectivity index (χ3n) is 2.36. The number of rotatable bonds is 5. The summed E-state index contributed by atoms with van der Waals surface area (Å²) in [5, 5.41) is 0.109. The number of alkyl halides is 1. The van der Waals surface area contributed by atoms with Gasteiger partial charge in [0.1, 0.15) is 0 Å². The van der Waals surface area contributed by atoms with Gasteiger partial charge in [-0.3, -0.25) is 0 Å². The van der Waals surface area contributed by atoms with Gasteiger partial charge in [0, 0.05) is 11.4 Å². The molecule has 1 heterocycles. The summed E-state index contributed by atoms with van der Waals surface area (Å²) in [6.07, 6.45) is 5.01. The molecule has 0 spiro atoms. The normalized spacial score (nSPS) is 19.0. The highest BCUT2D eigenvalue weighted by Gasteiger charge is 2.30. The zero-order valence-corrected chi connectivity index (χ0v) is 10.4. The molecule has 1 saturated carbocycles. The Morgan fingerprint density at radius 1 is 1.67 bits per heavy atom. The first-order valence-corrected chi connectivity index (χ1v) is 7.11. The molecule has 2 rings (SSSR count). The van der Waals surface area contributed by atoms with E-state index in [9.17, 15) is 8.42 Å². The first-order chi connectivity index (χ1) is 7.09. The van der Waals surface area contributed by atoms with E-state index in [0.29, 0.717) is 12.5 Å². The first-order valence-electron chi connectivity index (χ1n) is 4.72. The third-order valence-corrected chi connectivity index (χ3v) is 4.78. The molecule has 1 aromatic heterocycles. The molecule has 84 valence electrons. The van der Waals surface area contributed by atoms with Gasteiger partial charge >= 0.3 is 0 Å². The Labute approximate surface area is 96.9 Å². The number of hydrogen-bond donors (Lipinski definition) is 2. The van der Waals surface area contributed by atoms with E-state index in [2.05, 4.69) is 30.6 Å². The summed E-state index contributed by atoms with van der Waals surface area (Å²) in [6.45, 7) is 0.423. The second-order valence-corrected chi connectivity index (χ2v) is 6.53. The summed E-state index contributed by atoms with van der Waals surface area (Å²) < 4.78 is 25.8. The van der Waals surface area contributed by atoms with Crippen LogP contribution in [0.15, 0.2) is 17.6 Å². The van der Waals surface area contributed by atoms with Gasteiger partial charge in [0.05, 0.1) is 12.5 Å². The lowest BCUT2D eigenvalue weighted by molar-refractivity contribution is 0.574. The highest BCUT2D eigenvalue weighted by Crippen LogP contribution is 2.36. The number of nitrogens with one attached hydrogen (secondary N) is 2. The second-order valence-electron chi connectivity index (χ2n) is 3.62. The number of sulfonamides is 1. The summed E-state index contributed by atoms with van der Waals surface area (Å²) in [7, 11) is -3.42. The molecule has 1 atom stereocenters. The van der Waals surface area contributed by atoms with Gasteiger partial charge < -0.3 is 4.98 Å². The van der Waals surface area contributed by atoms with Crippen LogP contribution < -0.4 is 4.72 Å². The average Bonchev–Trinajstić information content (AvgIpc) is 2.89. The van der Waals surface area contributed by atoms with Gasteiger partial charge in [0.15, 0.2) is 5.03 Å². The number of aromatic amines is 1. The maximum atomic E-state index is 11.6. The minimum Gasteiger partial charge on any atom is -0.335 e. The summed E-state index contributed by atoms with van der Waals surface area (Å²) >= 11 is 3.47. The monoisotopic (exact) mass is 293 g/mol. The minimum atomic E-state index is -3.42. The molecule has 1 aliphatic rings. The van der Waals surface area contributed by atoms with Crippen molar-refractivity contribution in [1.82, 2.24) is 14.7 Å². The molecule has 0 aliphatic heterocycles. The lowest BCUT2D eigenvalue weighted by Crippen LogP contribution is -2.30. The van der Waals surface area contributed by atoms with E-state index in [1.165, 1.54) is 25.4 Å². The Balaban J connectivity index is 1.93. The number of imidazole rings is 1. The second kappa shape index (κ2) is 4.23. The molecule has 15 heavy (non-hydrogen) atoms. The van der Waals surface area contributed by atoms with Crippen molar-refractivity contribution in [3.63, 3.8) is 0 Å². The fourth-order valence-electron chi connectivity index (χ4n) is 1.28. The van der Waals surface area contributed by atoms with E-state index in [-0.39, 0.29) is 9.85 Å². The topological polar surface area (TPSA) is 74.8 Å². The number of H-pyrrole nitrogens is 1. The quantitative estimate of drug-likeness (QED) is 0.791. The van der Waals surface area contributed by atoms with Crippen LogP contribution in [0.3, 0.4) is 0 Å². The molecule has 0 amide bonds. The molecule has 1 aliphatic carbocycles. The minimum absolute atomic E-state index is 0.109. The van der Waals surface area contributed by atoms with Crippen molar-refractivity contribution in [2.45, 2.75) is 22.7 Å². The van der Waals surface area contributed by atoms with Crippen molar-refractivity contribution in [3.05, 3.63) is 12.5 Å². The standard InChI is InChI=1S/C8H12BrN3O2S/c9-7(6-1-2-6)3-12-15(13,14)8-4-10-5-11-8/h4-7,12H,1-3H2,(H,10,11). The van der Waals surface area contributed by atoms with Crippen molar-refractivity contribution in [2.24, 2.45) is 5.92 Å². The SMILES string of the molecule is O=S(=O)(NCC(Br)C1CC1)c1cnc[nH]1. The van der Waals surface area contributed by atoms with Crippen molar-refractivity contribution in [1.29, 1.82) is 0 Å². The van der Waals surface area contributed by atoms with Gasteiger partial charge in [0.25, 0.3) is 10.0 Å². The number of hydrogen-bond acceptors (Lipinski definition) is 3. The van der Waals surface area contributed by atoms with Gasteiger partial charge in [-0.25, -0.2) is 18.1 Å². The summed E-state index contributed by atoms with van der Waals surface area (Å²) in [5.74, 6) is 0.620. The molecule has 0 aromatic carbocycles. The lowest BCUT2D eigenvalue weighted by atomic mass is 10.3. The van der Waals surface area contributed by atoms with Gasteiger partial charge in [-0.1, -0.05) is 15.9 Å². The van der Waals surface area contributed by atoms with Gasteiger partial charge in [-0.05, 0) is 18.8 Å². The van der Waals surface area contributed by atoms with Crippen LogP contribution in [0.5, 0.6) is 0 Å². The predicted octanol–water partition coefficient (Wildman–Crippen LogP) is 0.861. The van der Waals surface area contributed by atoms with Crippen LogP contribution in [-0.4, -0.2) is 29.8 Å². The van der Waals surface area contributed by atoms with Gasteiger partial charge in [-0.15, -0.1) is 0 Å². The molecule has 0 radical (unpaired) electrons. The predicted molar refractivity (Wildman–Crippen MR) is 59.2 cm³/mol. The molecule has 7 heteroatoms. The summed E-state index contributed by atoms with van der Waals surface area (Å²) in [6, 6.07) is 0. The zero-order chi connectivity index (χ0) is 10.9. The van der Waals surface area contributed by atoms with E-state index in [0.717, 1.165) is 0 Å². The van der Waals surface area contributed by atoms with Crippen LogP contribution in [0.25, 0.3) is 0 Å². The fraction of sp³-hybridized carbons (Fsp3) is 0.625. The molecular weight excluding hydrogens is 282 g/mol. The highest BCUT2D eigenvalue weighted by molar-refractivity contribution is 9.09. The molecule has 1 unspecified atom stereocenters. The lowest BCUT2D eigenvalue weighted by Gasteiger charge is -2.09. The van der Waals surface area contributed by atoms with Crippen LogP contribution in [0.1, 0.15) is 12.8 Å². The molecule has 5 nitrogen and oxygen atoms in total. The Kier molecular flexibility index (Phi) is 3.13. The van der Waals surface area contributed by atoms with Crippen LogP contribution >= 0.6 is 15.9 Å². The molecular formula is C8H12BrN3O2S. The maximum absolute atomic E-state index is 11.6. The molecule has 0 bridgehead atoms. The van der Waals surface area contributed by atoms with Crippen LogP contribution in [0, 0.1) is 5.92 Å². The van der Waals surface area contributed by atoms with E-state index in [4.69, 9.17) is 0 Å². The third kappa shape index (κ3) is 2.79. The Morgan fingerprint density at radius 2 is 2.40 bits per heavy atom. The highest BCUT2D eigenvalue weighted by atomic mass is 79.9. The zero-order valence-electron chi connectivity index (χ0n) is 7.98. The Morgan fingerprint density at radius 3 is 2.93 bits per heavy atom. The average molecular weight is 294 g/mol. The van der Waals surface area contributed by atoms with Crippen molar-refractivity contribution >= 4 is 26.0 Å². The number of aromatic nitrogens is 2. The molecule has 1 aromatic rings. The van der Waals surface area contributed by atoms with Gasteiger partial charge in [0.2, 0.25) is 0 Å². The van der Waals surface area contributed by atoms with Crippen LogP contribution in [-0.2, 0) is 10.0 Å². The smallest absolute Gasteiger partial charge is 0.257 e. The van der Waals surface area contributed by atoms with Gasteiger partial charge in [-0.2, -0.15) is 0 Å². The van der Waals surface area contributed by atoms with E-state index in [1.807, 2.05) is 0 Å². The Bertz CT molecular complexity index is 413. The largest absolute Gasteiger partial charge is 0.335 e. The van der Waals surface area contributed by atoms with Crippen molar-refractivity contribution < 1.29 is 8.42 Å². The molecule has 2 N–H and O–H groups in total. The first kappa shape index (κ1) is 11.1.